The third-order valence-electron chi connectivity index (χ3n) is 3.28. The smallest absolute Gasteiger partial charge is 0.479 e. The summed E-state index contributed by atoms with van der Waals surface area (Å²) in [6, 6.07) is 6.17. The Hall–Kier alpha value is -2.75. The van der Waals surface area contributed by atoms with Crippen LogP contribution in [0.4, 0.5) is 26.3 Å². The molecule has 1 unspecified atom stereocenters. The third kappa shape index (κ3) is 4.66. The molecule has 0 amide bonds. The zero-order valence-corrected chi connectivity index (χ0v) is 12.6. The van der Waals surface area contributed by atoms with E-state index in [1.165, 1.54) is 0 Å². The van der Waals surface area contributed by atoms with Crippen molar-refractivity contribution < 1.29 is 46.1 Å². The van der Waals surface area contributed by atoms with Crippen molar-refractivity contribution in [3.63, 3.8) is 0 Å². The molecule has 2 rings (SSSR count). The Labute approximate surface area is 142 Å². The van der Waals surface area contributed by atoms with Crippen LogP contribution in [0.1, 0.15) is 17.2 Å². The molecule has 2 aromatic carbocycles. The van der Waals surface area contributed by atoms with E-state index in [9.17, 15) is 36.2 Å². The van der Waals surface area contributed by atoms with Crippen LogP contribution in [0.25, 0.3) is 11.1 Å². The van der Waals surface area contributed by atoms with Gasteiger partial charge in [-0.25, -0.2) is 4.79 Å². The number of hydrogen-bond donors (Lipinski definition) is 2. The van der Waals surface area contributed by atoms with Crippen LogP contribution in [-0.2, 0) is 11.0 Å². The van der Waals surface area contributed by atoms with Crippen molar-refractivity contribution in [1.29, 1.82) is 0 Å². The Balaban J connectivity index is 2.56. The predicted molar refractivity (Wildman–Crippen MR) is 76.2 cm³/mol. The molecule has 0 aliphatic rings. The third-order valence-corrected chi connectivity index (χ3v) is 3.28. The Kier molecular flexibility index (Phi) is 5.17. The summed E-state index contributed by atoms with van der Waals surface area (Å²) in [6.45, 7) is 0. The molecule has 0 aliphatic heterocycles. The van der Waals surface area contributed by atoms with Crippen molar-refractivity contribution in [1.82, 2.24) is 0 Å². The summed E-state index contributed by atoms with van der Waals surface area (Å²) >= 11 is 0. The molecule has 0 fully saturated rings. The zero-order valence-electron chi connectivity index (χ0n) is 12.6. The standard InChI is InChI=1S/C16H10F6O4/c17-15(18,19)12-7-9(13(23)14(24)25)4-5-11(12)8-2-1-3-10(6-8)26-16(20,21)22/h1-7,13,23H,(H,24,25). The second-order valence-electron chi connectivity index (χ2n) is 5.12. The fraction of sp³-hybridized carbons (Fsp3) is 0.188. The monoisotopic (exact) mass is 380 g/mol. The normalized spacial score (nSPS) is 13.3. The molecular weight excluding hydrogens is 370 g/mol. The summed E-state index contributed by atoms with van der Waals surface area (Å²) in [5.74, 6) is -2.45. The number of aliphatic hydroxyl groups excluding tert-OH is 1. The Morgan fingerprint density at radius 3 is 2.19 bits per heavy atom. The van der Waals surface area contributed by atoms with Crippen molar-refractivity contribution in [2.24, 2.45) is 0 Å². The average molecular weight is 380 g/mol. The second-order valence-corrected chi connectivity index (χ2v) is 5.12. The summed E-state index contributed by atoms with van der Waals surface area (Å²) < 4.78 is 80.4. The number of rotatable bonds is 4. The van der Waals surface area contributed by atoms with Crippen LogP contribution in [0, 0.1) is 0 Å². The lowest BCUT2D eigenvalue weighted by atomic mass is 9.95. The van der Waals surface area contributed by atoms with Gasteiger partial charge in [0.15, 0.2) is 6.10 Å². The first kappa shape index (κ1) is 19.6. The van der Waals surface area contributed by atoms with Gasteiger partial charge < -0.3 is 14.9 Å². The van der Waals surface area contributed by atoms with Crippen molar-refractivity contribution in [2.75, 3.05) is 0 Å². The summed E-state index contributed by atoms with van der Waals surface area (Å²) in [5, 5.41) is 18.1. The van der Waals surface area contributed by atoms with Gasteiger partial charge in [0.2, 0.25) is 0 Å². The van der Waals surface area contributed by atoms with Gasteiger partial charge in [-0.3, -0.25) is 0 Å². The maximum absolute atomic E-state index is 13.3. The molecule has 0 radical (unpaired) electrons. The molecule has 140 valence electrons. The fourth-order valence-corrected chi connectivity index (χ4v) is 2.22. The lowest BCUT2D eigenvalue weighted by Crippen LogP contribution is -2.17. The maximum atomic E-state index is 13.3. The fourth-order valence-electron chi connectivity index (χ4n) is 2.22. The lowest BCUT2D eigenvalue weighted by Gasteiger charge is -2.17. The number of carboxylic acids is 1. The molecular formula is C16H10F6O4. The molecule has 26 heavy (non-hydrogen) atoms. The number of carbonyl (C=O) groups is 1. The molecule has 0 saturated heterocycles. The van der Waals surface area contributed by atoms with Gasteiger partial charge in [-0.15, -0.1) is 13.2 Å². The maximum Gasteiger partial charge on any atom is 0.573 e. The van der Waals surface area contributed by atoms with Gasteiger partial charge in [-0.1, -0.05) is 24.3 Å². The van der Waals surface area contributed by atoms with Crippen molar-refractivity contribution >= 4 is 5.97 Å². The number of halogens is 6. The second kappa shape index (κ2) is 6.87. The van der Waals surface area contributed by atoms with Crippen molar-refractivity contribution in [2.45, 2.75) is 18.6 Å². The van der Waals surface area contributed by atoms with E-state index in [1.807, 2.05) is 0 Å². The summed E-state index contributed by atoms with van der Waals surface area (Å²) in [5.41, 5.74) is -2.54. The number of aliphatic carboxylic acids is 1. The van der Waals surface area contributed by atoms with E-state index >= 15 is 0 Å². The van der Waals surface area contributed by atoms with E-state index in [-0.39, 0.29) is 5.56 Å². The highest BCUT2D eigenvalue weighted by molar-refractivity contribution is 5.76. The van der Waals surface area contributed by atoms with Crippen LogP contribution in [0.2, 0.25) is 0 Å². The van der Waals surface area contributed by atoms with Crippen LogP contribution in [0.5, 0.6) is 5.75 Å². The van der Waals surface area contributed by atoms with Crippen molar-refractivity contribution in [3.05, 3.63) is 53.6 Å². The minimum Gasteiger partial charge on any atom is -0.479 e. The molecule has 2 N–H and O–H groups in total. The number of ether oxygens (including phenoxy) is 1. The highest BCUT2D eigenvalue weighted by atomic mass is 19.4. The van der Waals surface area contributed by atoms with E-state index in [4.69, 9.17) is 5.11 Å². The van der Waals surface area contributed by atoms with Gasteiger partial charge in [-0.05, 0) is 34.9 Å². The van der Waals surface area contributed by atoms with Gasteiger partial charge in [0.05, 0.1) is 5.56 Å². The first-order chi connectivity index (χ1) is 11.9. The van der Waals surface area contributed by atoms with Crippen LogP contribution in [-0.4, -0.2) is 22.5 Å². The lowest BCUT2D eigenvalue weighted by molar-refractivity contribution is -0.274. The molecule has 0 aliphatic carbocycles. The van der Waals surface area contributed by atoms with E-state index in [1.54, 1.807) is 0 Å². The van der Waals surface area contributed by atoms with Gasteiger partial charge in [-0.2, -0.15) is 13.2 Å². The highest BCUT2D eigenvalue weighted by Crippen LogP contribution is 2.39. The first-order valence-corrected chi connectivity index (χ1v) is 6.86. The highest BCUT2D eigenvalue weighted by Gasteiger charge is 2.35. The Morgan fingerprint density at radius 2 is 1.65 bits per heavy atom. The number of alkyl halides is 6. The molecule has 0 spiro atoms. The molecule has 0 saturated carbocycles. The molecule has 10 heteroatoms. The molecule has 0 heterocycles. The van der Waals surface area contributed by atoms with Crippen LogP contribution >= 0.6 is 0 Å². The number of hydrogen-bond acceptors (Lipinski definition) is 3. The van der Waals surface area contributed by atoms with Crippen molar-refractivity contribution in [3.8, 4) is 16.9 Å². The predicted octanol–water partition coefficient (Wildman–Crippen LogP) is 4.39. The number of aliphatic hydroxyl groups is 1. The quantitative estimate of drug-likeness (QED) is 0.773. The van der Waals surface area contributed by atoms with Crippen LogP contribution < -0.4 is 4.74 Å². The summed E-state index contributed by atoms with van der Waals surface area (Å²) in [6.07, 6.45) is -12.1. The number of benzene rings is 2. The van der Waals surface area contributed by atoms with E-state index in [0.717, 1.165) is 36.4 Å². The zero-order chi connectivity index (χ0) is 19.7. The van der Waals surface area contributed by atoms with Gasteiger partial charge in [0.25, 0.3) is 0 Å². The molecule has 4 nitrogen and oxygen atoms in total. The molecule has 2 aromatic rings. The Morgan fingerprint density at radius 1 is 1.00 bits per heavy atom. The van der Waals surface area contributed by atoms with Crippen LogP contribution in [0.15, 0.2) is 42.5 Å². The largest absolute Gasteiger partial charge is 0.573 e. The van der Waals surface area contributed by atoms with Gasteiger partial charge >= 0.3 is 18.5 Å². The van der Waals surface area contributed by atoms with E-state index in [2.05, 4.69) is 4.74 Å². The summed E-state index contributed by atoms with van der Waals surface area (Å²) in [4.78, 5) is 10.7. The SMILES string of the molecule is O=C(O)C(O)c1ccc(-c2cccc(OC(F)(F)F)c2)c(C(F)(F)F)c1. The number of carboxylic acid groups (broad SMARTS) is 1. The average Bonchev–Trinajstić information content (AvgIpc) is 2.51. The summed E-state index contributed by atoms with van der Waals surface area (Å²) in [7, 11) is 0. The van der Waals surface area contributed by atoms with Gasteiger partial charge in [0.1, 0.15) is 5.75 Å². The van der Waals surface area contributed by atoms with Gasteiger partial charge in [0, 0.05) is 0 Å². The van der Waals surface area contributed by atoms with E-state index in [0.29, 0.717) is 6.07 Å². The molecule has 1 atom stereocenters. The topological polar surface area (TPSA) is 66.8 Å². The molecule has 0 bridgehead atoms. The van der Waals surface area contributed by atoms with E-state index < -0.39 is 47.1 Å². The minimum absolute atomic E-state index is 0.226. The Bertz CT molecular complexity index is 813. The molecule has 0 aromatic heterocycles. The minimum atomic E-state index is -5.01. The van der Waals surface area contributed by atoms with Crippen LogP contribution in [0.3, 0.4) is 0 Å². The first-order valence-electron chi connectivity index (χ1n) is 6.86.